The summed E-state index contributed by atoms with van der Waals surface area (Å²) in [5.41, 5.74) is 7.83. The highest BCUT2D eigenvalue weighted by Crippen LogP contribution is 2.29. The molecule has 0 saturated carbocycles. The molecule has 2 aromatic carbocycles. The number of hydrogen-bond acceptors (Lipinski definition) is 2. The maximum atomic E-state index is 11.9. The number of nitrogen functional groups attached to an aromatic ring is 1. The van der Waals surface area contributed by atoms with Gasteiger partial charge in [0.15, 0.2) is 0 Å². The molecule has 0 heterocycles. The Hall–Kier alpha value is -1.71. The van der Waals surface area contributed by atoms with E-state index in [0.717, 1.165) is 5.56 Å². The fraction of sp³-hybridized carbons (Fsp3) is 0.133. The van der Waals surface area contributed by atoms with Crippen molar-refractivity contribution >= 4 is 40.5 Å². The van der Waals surface area contributed by atoms with Crippen LogP contribution in [0.1, 0.15) is 12.0 Å². The Kier molecular flexibility index (Phi) is 4.88. The number of para-hydroxylation sites is 1. The zero-order chi connectivity index (χ0) is 14.5. The first kappa shape index (κ1) is 14.7. The Labute approximate surface area is 127 Å². The number of hydrogen-bond donors (Lipinski definition) is 2. The number of rotatable bonds is 4. The number of aryl methyl sites for hydroxylation is 1. The van der Waals surface area contributed by atoms with E-state index in [0.29, 0.717) is 34.3 Å². The number of anilines is 2. The molecule has 1 amide bonds. The summed E-state index contributed by atoms with van der Waals surface area (Å²) in [6, 6.07) is 12.5. The monoisotopic (exact) mass is 308 g/mol. The lowest BCUT2D eigenvalue weighted by Crippen LogP contribution is -2.13. The lowest BCUT2D eigenvalue weighted by molar-refractivity contribution is -0.116. The molecule has 5 heteroatoms. The van der Waals surface area contributed by atoms with E-state index in [9.17, 15) is 4.79 Å². The van der Waals surface area contributed by atoms with Crippen LogP contribution in [-0.2, 0) is 11.2 Å². The lowest BCUT2D eigenvalue weighted by atomic mass is 10.1. The Morgan fingerprint density at radius 3 is 2.25 bits per heavy atom. The molecule has 0 aliphatic heterocycles. The van der Waals surface area contributed by atoms with E-state index in [1.165, 1.54) is 0 Å². The molecule has 0 bridgehead atoms. The van der Waals surface area contributed by atoms with Gasteiger partial charge in [-0.1, -0.05) is 41.4 Å². The van der Waals surface area contributed by atoms with Crippen LogP contribution in [-0.4, -0.2) is 5.91 Å². The van der Waals surface area contributed by atoms with E-state index < -0.39 is 0 Å². The van der Waals surface area contributed by atoms with Gasteiger partial charge in [0.25, 0.3) is 0 Å². The van der Waals surface area contributed by atoms with Gasteiger partial charge < -0.3 is 11.1 Å². The van der Waals surface area contributed by atoms with Gasteiger partial charge in [0.2, 0.25) is 5.91 Å². The number of amides is 1. The second-order valence-electron chi connectivity index (χ2n) is 4.39. The van der Waals surface area contributed by atoms with Gasteiger partial charge in [-0.05, 0) is 36.2 Å². The van der Waals surface area contributed by atoms with Crippen molar-refractivity contribution in [2.24, 2.45) is 0 Å². The fourth-order valence-electron chi connectivity index (χ4n) is 1.76. The Morgan fingerprint density at radius 1 is 1.05 bits per heavy atom. The molecule has 3 nitrogen and oxygen atoms in total. The molecule has 3 N–H and O–H groups in total. The standard InChI is InChI=1S/C15H14Cl2N2O/c16-12-2-1-3-13(17)15(12)19-14(20)9-6-10-4-7-11(18)8-5-10/h1-5,7-8H,6,9,18H2,(H,19,20). The molecule has 2 aromatic rings. The zero-order valence-corrected chi connectivity index (χ0v) is 12.2. The normalized spacial score (nSPS) is 10.3. The van der Waals surface area contributed by atoms with Crippen LogP contribution in [0.15, 0.2) is 42.5 Å². The van der Waals surface area contributed by atoms with E-state index in [2.05, 4.69) is 5.32 Å². The summed E-state index contributed by atoms with van der Waals surface area (Å²) < 4.78 is 0. The highest BCUT2D eigenvalue weighted by atomic mass is 35.5. The first-order chi connectivity index (χ1) is 9.56. The summed E-state index contributed by atoms with van der Waals surface area (Å²) in [7, 11) is 0. The highest BCUT2D eigenvalue weighted by Gasteiger charge is 2.09. The predicted octanol–water partition coefficient (Wildman–Crippen LogP) is 4.15. The van der Waals surface area contributed by atoms with Gasteiger partial charge in [-0.2, -0.15) is 0 Å². The van der Waals surface area contributed by atoms with Gasteiger partial charge in [0.05, 0.1) is 15.7 Å². The van der Waals surface area contributed by atoms with Crippen LogP contribution in [0.4, 0.5) is 11.4 Å². The summed E-state index contributed by atoms with van der Waals surface area (Å²) >= 11 is 12.0. The number of carbonyl (C=O) groups excluding carboxylic acids is 1. The van der Waals surface area contributed by atoms with Crippen LogP contribution >= 0.6 is 23.2 Å². The Bertz CT molecular complexity index is 592. The topological polar surface area (TPSA) is 55.1 Å². The maximum absolute atomic E-state index is 11.9. The van der Waals surface area contributed by atoms with Gasteiger partial charge in [-0.25, -0.2) is 0 Å². The van der Waals surface area contributed by atoms with Crippen molar-refractivity contribution in [3.63, 3.8) is 0 Å². The molecule has 0 aliphatic rings. The van der Waals surface area contributed by atoms with Crippen molar-refractivity contribution in [2.75, 3.05) is 11.1 Å². The average molecular weight is 309 g/mol. The minimum absolute atomic E-state index is 0.128. The van der Waals surface area contributed by atoms with E-state index in [4.69, 9.17) is 28.9 Å². The van der Waals surface area contributed by atoms with E-state index in [1.807, 2.05) is 24.3 Å². The minimum Gasteiger partial charge on any atom is -0.399 e. The van der Waals surface area contributed by atoms with Crippen LogP contribution in [0.3, 0.4) is 0 Å². The number of nitrogens with one attached hydrogen (secondary N) is 1. The van der Waals surface area contributed by atoms with Gasteiger partial charge in [0.1, 0.15) is 0 Å². The third-order valence-electron chi connectivity index (χ3n) is 2.85. The Morgan fingerprint density at radius 2 is 1.65 bits per heavy atom. The molecular weight excluding hydrogens is 295 g/mol. The number of halogens is 2. The molecule has 0 saturated heterocycles. The largest absolute Gasteiger partial charge is 0.399 e. The minimum atomic E-state index is -0.128. The highest BCUT2D eigenvalue weighted by molar-refractivity contribution is 6.39. The lowest BCUT2D eigenvalue weighted by Gasteiger charge is -2.09. The molecule has 20 heavy (non-hydrogen) atoms. The first-order valence-corrected chi connectivity index (χ1v) is 6.90. The van der Waals surface area contributed by atoms with E-state index >= 15 is 0 Å². The van der Waals surface area contributed by atoms with Crippen LogP contribution in [0.25, 0.3) is 0 Å². The van der Waals surface area contributed by atoms with Crippen molar-refractivity contribution in [3.8, 4) is 0 Å². The van der Waals surface area contributed by atoms with Crippen LogP contribution in [0.2, 0.25) is 10.0 Å². The zero-order valence-electron chi connectivity index (χ0n) is 10.7. The second-order valence-corrected chi connectivity index (χ2v) is 5.20. The SMILES string of the molecule is Nc1ccc(CCC(=O)Nc2c(Cl)cccc2Cl)cc1. The van der Waals surface area contributed by atoms with Crippen LogP contribution < -0.4 is 11.1 Å². The smallest absolute Gasteiger partial charge is 0.224 e. The molecule has 0 aliphatic carbocycles. The summed E-state index contributed by atoms with van der Waals surface area (Å²) in [5, 5.41) is 3.59. The molecule has 0 atom stereocenters. The molecule has 104 valence electrons. The van der Waals surface area contributed by atoms with Crippen molar-refractivity contribution < 1.29 is 4.79 Å². The number of benzene rings is 2. The van der Waals surface area contributed by atoms with Crippen molar-refractivity contribution in [1.82, 2.24) is 0 Å². The molecule has 2 rings (SSSR count). The fourth-order valence-corrected chi connectivity index (χ4v) is 2.25. The predicted molar refractivity (Wildman–Crippen MR) is 84.3 cm³/mol. The van der Waals surface area contributed by atoms with Gasteiger partial charge >= 0.3 is 0 Å². The molecule has 0 fully saturated rings. The molecule has 0 aromatic heterocycles. The third kappa shape index (κ3) is 3.89. The van der Waals surface area contributed by atoms with Crippen LogP contribution in [0, 0.1) is 0 Å². The van der Waals surface area contributed by atoms with E-state index in [-0.39, 0.29) is 5.91 Å². The van der Waals surface area contributed by atoms with Crippen molar-refractivity contribution in [2.45, 2.75) is 12.8 Å². The van der Waals surface area contributed by atoms with Gasteiger partial charge in [-0.15, -0.1) is 0 Å². The number of carbonyl (C=O) groups is 1. The molecule has 0 radical (unpaired) electrons. The van der Waals surface area contributed by atoms with Gasteiger partial charge in [-0.3, -0.25) is 4.79 Å². The first-order valence-electron chi connectivity index (χ1n) is 6.14. The summed E-state index contributed by atoms with van der Waals surface area (Å²) in [4.78, 5) is 11.9. The maximum Gasteiger partial charge on any atom is 0.224 e. The van der Waals surface area contributed by atoms with Gasteiger partial charge in [0, 0.05) is 12.1 Å². The molecule has 0 spiro atoms. The van der Waals surface area contributed by atoms with Crippen molar-refractivity contribution in [1.29, 1.82) is 0 Å². The third-order valence-corrected chi connectivity index (χ3v) is 3.48. The molecule has 0 unspecified atom stereocenters. The summed E-state index contributed by atoms with van der Waals surface area (Å²) in [5.74, 6) is -0.128. The molecular formula is C15H14Cl2N2O. The Balaban J connectivity index is 1.94. The van der Waals surface area contributed by atoms with E-state index in [1.54, 1.807) is 18.2 Å². The summed E-state index contributed by atoms with van der Waals surface area (Å²) in [6.07, 6.45) is 0.986. The summed E-state index contributed by atoms with van der Waals surface area (Å²) in [6.45, 7) is 0. The van der Waals surface area contributed by atoms with Crippen LogP contribution in [0.5, 0.6) is 0 Å². The number of nitrogens with two attached hydrogens (primary N) is 1. The average Bonchev–Trinajstić information content (AvgIpc) is 2.42. The quantitative estimate of drug-likeness (QED) is 0.834. The van der Waals surface area contributed by atoms with Crippen molar-refractivity contribution in [3.05, 3.63) is 58.1 Å². The second kappa shape index (κ2) is 6.64.